The average molecular weight is 602 g/mol. The van der Waals surface area contributed by atoms with E-state index >= 15 is 8.78 Å². The maximum atomic E-state index is 17.7. The number of Topliss-reactive ketones (excluding diaryl/α,β-unsaturated/α-hetero) is 1. The Morgan fingerprint density at radius 2 is 2.02 bits per heavy atom. The molecular weight excluding hydrogens is 564 g/mol. The van der Waals surface area contributed by atoms with E-state index in [0.717, 1.165) is 24.0 Å². The quantitative estimate of drug-likeness (QED) is 0.538. The minimum Gasteiger partial charge on any atom is -0.459 e. The zero-order chi connectivity index (χ0) is 30.4. The second kappa shape index (κ2) is 9.89. The number of ketones is 2. The van der Waals surface area contributed by atoms with Gasteiger partial charge >= 0.3 is 5.91 Å². The molecule has 9 nitrogen and oxygen atoms in total. The summed E-state index contributed by atoms with van der Waals surface area (Å²) in [7, 11) is 0. The molecule has 11 heteroatoms. The third-order valence-electron chi connectivity index (χ3n) is 11.5. The van der Waals surface area contributed by atoms with E-state index in [-0.39, 0.29) is 43.7 Å². The lowest BCUT2D eigenvalue weighted by Crippen LogP contribution is -2.70. The Labute approximate surface area is 248 Å². The fourth-order valence-electron chi connectivity index (χ4n) is 9.51. The summed E-state index contributed by atoms with van der Waals surface area (Å²) < 4.78 is 50.4. The fraction of sp³-hybridized carbons (Fsp3) is 0.656. The Morgan fingerprint density at radius 3 is 2.74 bits per heavy atom. The Balaban J connectivity index is 1.27. The number of halogens is 2. The summed E-state index contributed by atoms with van der Waals surface area (Å²) in [6.45, 7) is 3.55. The third kappa shape index (κ3) is 3.83. The highest BCUT2D eigenvalue weighted by atomic mass is 19.1. The van der Waals surface area contributed by atoms with Crippen molar-refractivity contribution in [3.63, 3.8) is 0 Å². The number of hydrogen-bond donors (Lipinski definition) is 1. The molecule has 0 spiro atoms. The van der Waals surface area contributed by atoms with Crippen LogP contribution in [0.3, 0.4) is 0 Å². The van der Waals surface area contributed by atoms with Crippen LogP contribution in [0.2, 0.25) is 0 Å². The fourth-order valence-corrected chi connectivity index (χ4v) is 9.51. The number of allylic oxidation sites excluding steroid dienone is 4. The van der Waals surface area contributed by atoms with Gasteiger partial charge in [-0.05, 0) is 81.2 Å². The number of aliphatic hydroxyl groups excluding tert-OH is 1. The smallest absolute Gasteiger partial charge is 0.313 e. The van der Waals surface area contributed by atoms with Crippen LogP contribution in [0.15, 0.2) is 46.6 Å². The molecule has 4 aliphatic carbocycles. The number of alkyl halides is 2. The van der Waals surface area contributed by atoms with Gasteiger partial charge in [-0.1, -0.05) is 13.0 Å². The Bertz CT molecular complexity index is 1390. The molecule has 7 rings (SSSR count). The van der Waals surface area contributed by atoms with Crippen LogP contribution in [0.5, 0.6) is 0 Å². The predicted molar refractivity (Wildman–Crippen MR) is 146 cm³/mol. The average Bonchev–Trinajstić information content (AvgIpc) is 3.71. The van der Waals surface area contributed by atoms with Gasteiger partial charge < -0.3 is 19.0 Å². The van der Waals surface area contributed by atoms with E-state index in [0.29, 0.717) is 13.0 Å². The highest BCUT2D eigenvalue weighted by Crippen LogP contribution is 2.72. The molecule has 5 fully saturated rings. The molecule has 0 aromatic carbocycles. The monoisotopic (exact) mass is 601 g/mol. The molecule has 2 aliphatic heterocycles. The molecule has 0 radical (unpaired) electrons. The lowest BCUT2D eigenvalue weighted by molar-refractivity contribution is -0.258. The molecule has 3 heterocycles. The molecule has 10 atom stereocenters. The SMILES string of the molecule is C[C@]12C=CC(=O)C=C1[C@@H](F)CC1C3C[C@H]4CN(C(=O)c5ccco5)O[C@@]4(C(=O)COC4CCCCO4)[C@@]3(C)C[C@H](O)[C@@]12F. The van der Waals surface area contributed by atoms with Crippen LogP contribution in [-0.4, -0.2) is 77.2 Å². The van der Waals surface area contributed by atoms with Gasteiger partial charge in [0.05, 0.1) is 18.9 Å². The Kier molecular flexibility index (Phi) is 6.67. The number of hydrogen-bond acceptors (Lipinski definition) is 8. The van der Waals surface area contributed by atoms with Gasteiger partial charge in [0.25, 0.3) is 0 Å². The molecule has 232 valence electrons. The van der Waals surface area contributed by atoms with Crippen LogP contribution in [-0.2, 0) is 23.9 Å². The number of rotatable bonds is 5. The van der Waals surface area contributed by atoms with Crippen molar-refractivity contribution in [1.82, 2.24) is 5.06 Å². The van der Waals surface area contributed by atoms with E-state index in [1.54, 1.807) is 19.9 Å². The molecule has 1 aromatic heterocycles. The summed E-state index contributed by atoms with van der Waals surface area (Å²) in [5.41, 5.74) is -6.60. The van der Waals surface area contributed by atoms with Gasteiger partial charge in [0.2, 0.25) is 0 Å². The molecule has 1 N–H and O–H groups in total. The zero-order valence-corrected chi connectivity index (χ0v) is 24.3. The van der Waals surface area contributed by atoms with Gasteiger partial charge in [-0.3, -0.25) is 19.2 Å². The second-order valence-corrected chi connectivity index (χ2v) is 13.5. The number of furan rings is 1. The van der Waals surface area contributed by atoms with Gasteiger partial charge in [-0.15, -0.1) is 0 Å². The second-order valence-electron chi connectivity index (χ2n) is 13.5. The van der Waals surface area contributed by atoms with E-state index in [1.165, 1.54) is 24.5 Å². The number of amides is 1. The van der Waals surface area contributed by atoms with Crippen LogP contribution in [0.25, 0.3) is 0 Å². The highest BCUT2D eigenvalue weighted by molar-refractivity contribution is 6.01. The first-order chi connectivity index (χ1) is 20.5. The van der Waals surface area contributed by atoms with Gasteiger partial charge in [0, 0.05) is 29.3 Å². The lowest BCUT2D eigenvalue weighted by atomic mass is 9.44. The standard InChI is InChI=1S/C32H37F2NO8/c1-29-9-8-19(36)13-22(29)23(33)14-21-20-12-18-16-35(28(39)24-6-5-11-40-24)43-32(18,30(20,2)15-25(37)31(21,29)34)26(38)17-42-27-7-3-4-10-41-27/h5-6,8-9,11,13,18,20-21,23,25,27,37H,3-4,7,10,12,14-17H2,1-2H3/t18-,20?,21?,23-,25-,27?,29-,30-,31-,32-/m0/s1. The molecule has 43 heavy (non-hydrogen) atoms. The van der Waals surface area contributed by atoms with Gasteiger partial charge in [-0.2, -0.15) is 0 Å². The number of carbonyl (C=O) groups is 3. The van der Waals surface area contributed by atoms with Crippen LogP contribution in [0, 0.1) is 28.6 Å². The minimum absolute atomic E-state index is 0.0370. The minimum atomic E-state index is -2.29. The van der Waals surface area contributed by atoms with Crippen molar-refractivity contribution < 1.29 is 47.0 Å². The van der Waals surface area contributed by atoms with Crippen LogP contribution in [0.1, 0.15) is 62.9 Å². The predicted octanol–water partition coefficient (Wildman–Crippen LogP) is 4.06. The summed E-state index contributed by atoms with van der Waals surface area (Å²) in [6.07, 6.45) is 3.71. The number of carbonyl (C=O) groups excluding carboxylic acids is 3. The van der Waals surface area contributed by atoms with E-state index in [9.17, 15) is 19.5 Å². The van der Waals surface area contributed by atoms with E-state index in [1.807, 2.05) is 0 Å². The first-order valence-corrected chi connectivity index (χ1v) is 15.2. The molecule has 6 aliphatic rings. The van der Waals surface area contributed by atoms with Crippen molar-refractivity contribution in [1.29, 1.82) is 0 Å². The van der Waals surface area contributed by atoms with Crippen molar-refractivity contribution in [2.24, 2.45) is 28.6 Å². The van der Waals surface area contributed by atoms with E-state index in [2.05, 4.69) is 0 Å². The number of aliphatic hydroxyl groups is 1. The topological polar surface area (TPSA) is 116 Å². The number of ether oxygens (including phenoxy) is 2. The van der Waals surface area contributed by atoms with Crippen molar-refractivity contribution in [3.05, 3.63) is 48.0 Å². The number of hydroxylamine groups is 2. The Hall–Kier alpha value is -2.73. The Morgan fingerprint density at radius 1 is 1.21 bits per heavy atom. The number of fused-ring (bicyclic) bond motifs is 7. The normalized spacial score (nSPS) is 45.2. The van der Waals surface area contributed by atoms with Gasteiger partial charge in [0.15, 0.2) is 34.9 Å². The lowest BCUT2D eigenvalue weighted by Gasteiger charge is -2.63. The van der Waals surface area contributed by atoms with Crippen LogP contribution in [0.4, 0.5) is 8.78 Å². The first-order valence-electron chi connectivity index (χ1n) is 15.2. The summed E-state index contributed by atoms with van der Waals surface area (Å²) in [5.74, 6) is -3.46. The molecular formula is C32H37F2NO8. The molecule has 1 amide bonds. The van der Waals surface area contributed by atoms with Crippen LogP contribution >= 0.6 is 0 Å². The summed E-state index contributed by atoms with van der Waals surface area (Å²) >= 11 is 0. The summed E-state index contributed by atoms with van der Waals surface area (Å²) in [6, 6.07) is 3.08. The molecule has 0 bridgehead atoms. The van der Waals surface area contributed by atoms with Crippen LogP contribution < -0.4 is 0 Å². The van der Waals surface area contributed by atoms with Gasteiger partial charge in [0.1, 0.15) is 12.8 Å². The largest absolute Gasteiger partial charge is 0.459 e. The third-order valence-corrected chi connectivity index (χ3v) is 11.5. The van der Waals surface area contributed by atoms with E-state index in [4.69, 9.17) is 18.7 Å². The molecule has 3 saturated carbocycles. The summed E-state index contributed by atoms with van der Waals surface area (Å²) in [5, 5.41) is 12.9. The van der Waals surface area contributed by atoms with E-state index < -0.39 is 75.9 Å². The maximum absolute atomic E-state index is 17.7. The number of nitrogens with zero attached hydrogens (tertiary/aromatic N) is 1. The van der Waals surface area contributed by atoms with Crippen molar-refractivity contribution >= 4 is 17.5 Å². The first kappa shape index (κ1) is 29.0. The van der Waals surface area contributed by atoms with Gasteiger partial charge in [-0.25, -0.2) is 13.8 Å². The highest BCUT2D eigenvalue weighted by Gasteiger charge is 2.80. The molecule has 2 saturated heterocycles. The maximum Gasteiger partial charge on any atom is 0.313 e. The molecule has 3 unspecified atom stereocenters. The van der Waals surface area contributed by atoms with Crippen molar-refractivity contribution in [2.75, 3.05) is 19.8 Å². The summed E-state index contributed by atoms with van der Waals surface area (Å²) in [4.78, 5) is 46.3. The zero-order valence-electron chi connectivity index (χ0n) is 24.3. The molecule has 1 aromatic rings. The van der Waals surface area contributed by atoms with Crippen molar-refractivity contribution in [3.8, 4) is 0 Å². The van der Waals surface area contributed by atoms with Crippen molar-refractivity contribution in [2.45, 2.75) is 82.2 Å².